The Morgan fingerprint density at radius 1 is 1.11 bits per heavy atom. The minimum atomic E-state index is -0.611. The number of nitrogens with two attached hydrogens (primary N) is 1. The van der Waals surface area contributed by atoms with Crippen molar-refractivity contribution >= 4 is 17.3 Å². The maximum atomic E-state index is 13.9. The number of nitrogens with zero attached hydrogens (tertiary/aromatic N) is 1. The van der Waals surface area contributed by atoms with Gasteiger partial charge in [-0.05, 0) is 50.2 Å². The molecule has 2 aromatic rings. The number of amides is 1. The van der Waals surface area contributed by atoms with Gasteiger partial charge in [-0.1, -0.05) is 0 Å². The van der Waals surface area contributed by atoms with Crippen molar-refractivity contribution in [1.29, 1.82) is 0 Å². The number of ether oxygens (including phenoxy) is 1. The lowest BCUT2D eigenvalue weighted by atomic mass is 10.1. The van der Waals surface area contributed by atoms with E-state index in [1.54, 1.807) is 19.2 Å². The van der Waals surface area contributed by atoms with Gasteiger partial charge in [0, 0.05) is 36.1 Å². The molecule has 2 atom stereocenters. The highest BCUT2D eigenvalue weighted by molar-refractivity contribution is 5.93. The standard InChI is InChI=1S/C21H25F2N3O2/c1-14(19-8-3-16(22)13-20(19)23)24-15(2)21(27)25-17-4-6-18(7-5-17)26-9-11-28-12-10-26/h3-8,13-15,24H,9-12H2,1-2H3,(H,25,27)/p+1/t14-,15+/m1/s1. The third kappa shape index (κ3) is 5.05. The van der Waals surface area contributed by atoms with E-state index in [1.807, 2.05) is 24.3 Å². The molecule has 2 aromatic carbocycles. The van der Waals surface area contributed by atoms with Crippen LogP contribution in [0.1, 0.15) is 25.5 Å². The van der Waals surface area contributed by atoms with Crippen LogP contribution < -0.4 is 15.5 Å². The van der Waals surface area contributed by atoms with E-state index in [4.69, 9.17) is 4.74 Å². The Labute approximate surface area is 163 Å². The monoisotopic (exact) mass is 390 g/mol. The number of hydrogen-bond acceptors (Lipinski definition) is 3. The number of quaternary nitrogens is 1. The zero-order chi connectivity index (χ0) is 20.1. The molecule has 0 saturated carbocycles. The molecule has 0 unspecified atom stereocenters. The summed E-state index contributed by atoms with van der Waals surface area (Å²) in [5.74, 6) is -1.39. The molecule has 0 aromatic heterocycles. The Bertz CT molecular complexity index is 808. The second-order valence-electron chi connectivity index (χ2n) is 7.07. The van der Waals surface area contributed by atoms with Crippen LogP contribution in [0.2, 0.25) is 0 Å². The summed E-state index contributed by atoms with van der Waals surface area (Å²) in [6.07, 6.45) is 0. The molecule has 1 saturated heterocycles. The van der Waals surface area contributed by atoms with Crippen molar-refractivity contribution in [3.05, 3.63) is 59.7 Å². The summed E-state index contributed by atoms with van der Waals surface area (Å²) < 4.78 is 32.3. The van der Waals surface area contributed by atoms with E-state index in [9.17, 15) is 13.6 Å². The van der Waals surface area contributed by atoms with Crippen LogP contribution >= 0.6 is 0 Å². The van der Waals surface area contributed by atoms with Crippen LogP contribution in [0, 0.1) is 11.6 Å². The summed E-state index contributed by atoms with van der Waals surface area (Å²) >= 11 is 0. The van der Waals surface area contributed by atoms with Crippen LogP contribution in [0.5, 0.6) is 0 Å². The van der Waals surface area contributed by atoms with E-state index in [-0.39, 0.29) is 11.9 Å². The molecular weight excluding hydrogens is 364 g/mol. The highest BCUT2D eigenvalue weighted by atomic mass is 19.1. The molecule has 1 aliphatic heterocycles. The molecular formula is C21H26F2N3O2+. The van der Waals surface area contributed by atoms with Crippen LogP contribution in [0.4, 0.5) is 20.2 Å². The summed E-state index contributed by atoms with van der Waals surface area (Å²) in [5.41, 5.74) is 2.18. The molecule has 3 N–H and O–H groups in total. The molecule has 1 aliphatic rings. The minimum absolute atomic E-state index is 0.173. The average molecular weight is 390 g/mol. The largest absolute Gasteiger partial charge is 0.378 e. The first-order valence-electron chi connectivity index (χ1n) is 9.47. The van der Waals surface area contributed by atoms with Gasteiger partial charge in [-0.3, -0.25) is 4.79 Å². The van der Waals surface area contributed by atoms with Gasteiger partial charge in [0.15, 0.2) is 6.04 Å². The lowest BCUT2D eigenvalue weighted by molar-refractivity contribution is -0.710. The smallest absolute Gasteiger partial charge is 0.282 e. The molecule has 0 aliphatic carbocycles. The molecule has 0 spiro atoms. The summed E-state index contributed by atoms with van der Waals surface area (Å²) in [6, 6.07) is 10.5. The third-order valence-corrected chi connectivity index (χ3v) is 4.96. The van der Waals surface area contributed by atoms with E-state index in [0.717, 1.165) is 38.1 Å². The summed E-state index contributed by atoms with van der Waals surface area (Å²) in [7, 11) is 0. The zero-order valence-corrected chi connectivity index (χ0v) is 16.1. The van der Waals surface area contributed by atoms with Crippen molar-refractivity contribution in [2.75, 3.05) is 36.5 Å². The second-order valence-corrected chi connectivity index (χ2v) is 7.07. The topological polar surface area (TPSA) is 58.2 Å². The van der Waals surface area contributed by atoms with Gasteiger partial charge in [0.2, 0.25) is 0 Å². The predicted octanol–water partition coefficient (Wildman–Crippen LogP) is 2.45. The lowest BCUT2D eigenvalue weighted by Crippen LogP contribution is -2.91. The van der Waals surface area contributed by atoms with Gasteiger partial charge >= 0.3 is 0 Å². The first-order valence-corrected chi connectivity index (χ1v) is 9.47. The molecule has 3 rings (SSSR count). The third-order valence-electron chi connectivity index (χ3n) is 4.96. The Kier molecular flexibility index (Phi) is 6.59. The number of nitrogens with one attached hydrogen (secondary N) is 1. The van der Waals surface area contributed by atoms with Crippen molar-refractivity contribution in [2.45, 2.75) is 25.9 Å². The van der Waals surface area contributed by atoms with E-state index < -0.39 is 17.7 Å². The maximum Gasteiger partial charge on any atom is 0.282 e. The first-order chi connectivity index (χ1) is 13.4. The number of halogens is 2. The number of carbonyl (C=O) groups is 1. The fourth-order valence-corrected chi connectivity index (χ4v) is 3.33. The molecule has 7 heteroatoms. The number of anilines is 2. The molecule has 150 valence electrons. The van der Waals surface area contributed by atoms with Gasteiger partial charge in [0.25, 0.3) is 5.91 Å². The Hall–Kier alpha value is -2.51. The highest BCUT2D eigenvalue weighted by Gasteiger charge is 2.22. The fraction of sp³-hybridized carbons (Fsp3) is 0.381. The van der Waals surface area contributed by atoms with Crippen LogP contribution in [-0.4, -0.2) is 38.3 Å². The first kappa shape index (κ1) is 20.2. The van der Waals surface area contributed by atoms with Gasteiger partial charge in [-0.2, -0.15) is 0 Å². The predicted molar refractivity (Wildman–Crippen MR) is 104 cm³/mol. The quantitative estimate of drug-likeness (QED) is 0.797. The lowest BCUT2D eigenvalue weighted by Gasteiger charge is -2.29. The SMILES string of the molecule is C[C@H]([NH2+][C@H](C)c1ccc(F)cc1F)C(=O)Nc1ccc(N2CCOCC2)cc1. The molecule has 5 nitrogen and oxygen atoms in total. The number of carbonyl (C=O) groups excluding carboxylic acids is 1. The number of morpholine rings is 1. The Balaban J connectivity index is 1.56. The van der Waals surface area contributed by atoms with Crippen molar-refractivity contribution < 1.29 is 23.6 Å². The van der Waals surface area contributed by atoms with E-state index >= 15 is 0 Å². The summed E-state index contributed by atoms with van der Waals surface area (Å²) in [5, 5.41) is 4.64. The van der Waals surface area contributed by atoms with Gasteiger partial charge in [-0.15, -0.1) is 0 Å². The van der Waals surface area contributed by atoms with Gasteiger partial charge < -0.3 is 20.3 Å². The number of benzene rings is 2. The molecule has 0 radical (unpaired) electrons. The van der Waals surface area contributed by atoms with E-state index in [0.29, 0.717) is 11.3 Å². The number of rotatable bonds is 6. The van der Waals surface area contributed by atoms with E-state index in [2.05, 4.69) is 10.2 Å². The highest BCUT2D eigenvalue weighted by Crippen LogP contribution is 2.19. The maximum absolute atomic E-state index is 13.9. The van der Waals surface area contributed by atoms with Crippen molar-refractivity contribution in [3.63, 3.8) is 0 Å². The average Bonchev–Trinajstić information content (AvgIpc) is 2.69. The Morgan fingerprint density at radius 2 is 1.79 bits per heavy atom. The molecule has 1 amide bonds. The fourth-order valence-electron chi connectivity index (χ4n) is 3.33. The summed E-state index contributed by atoms with van der Waals surface area (Å²) in [6.45, 7) is 6.70. The molecule has 1 heterocycles. The van der Waals surface area contributed by atoms with E-state index in [1.165, 1.54) is 12.1 Å². The van der Waals surface area contributed by atoms with Gasteiger partial charge in [-0.25, -0.2) is 8.78 Å². The molecule has 28 heavy (non-hydrogen) atoms. The molecule has 1 fully saturated rings. The number of hydrogen-bond donors (Lipinski definition) is 2. The normalized spacial score (nSPS) is 16.5. The summed E-state index contributed by atoms with van der Waals surface area (Å²) in [4.78, 5) is 14.7. The van der Waals surface area contributed by atoms with Crippen molar-refractivity contribution in [3.8, 4) is 0 Å². The second kappa shape index (κ2) is 9.12. The van der Waals surface area contributed by atoms with Crippen molar-refractivity contribution in [2.24, 2.45) is 0 Å². The zero-order valence-electron chi connectivity index (χ0n) is 16.1. The van der Waals surface area contributed by atoms with Crippen LogP contribution in [0.25, 0.3) is 0 Å². The molecule has 0 bridgehead atoms. The van der Waals surface area contributed by atoms with Crippen LogP contribution in [0.15, 0.2) is 42.5 Å². The van der Waals surface area contributed by atoms with Gasteiger partial charge in [0.1, 0.15) is 17.7 Å². The van der Waals surface area contributed by atoms with Crippen LogP contribution in [-0.2, 0) is 9.53 Å². The Morgan fingerprint density at radius 3 is 2.43 bits per heavy atom. The van der Waals surface area contributed by atoms with Gasteiger partial charge in [0.05, 0.1) is 13.2 Å². The van der Waals surface area contributed by atoms with Crippen LogP contribution in [0.3, 0.4) is 0 Å². The minimum Gasteiger partial charge on any atom is -0.378 e. The van der Waals surface area contributed by atoms with Crippen molar-refractivity contribution in [1.82, 2.24) is 0 Å².